The van der Waals surface area contributed by atoms with Crippen LogP contribution in [-0.2, 0) is 13.2 Å². The van der Waals surface area contributed by atoms with Gasteiger partial charge in [0.05, 0.1) is 26.3 Å². The minimum atomic E-state index is -0.391. The lowest BCUT2D eigenvalue weighted by atomic mass is 10.1. The van der Waals surface area contributed by atoms with Gasteiger partial charge in [0.15, 0.2) is 17.5 Å². The molecule has 0 aliphatic carbocycles. The number of aliphatic hydroxyl groups is 1. The van der Waals surface area contributed by atoms with E-state index >= 15 is 0 Å². The zero-order valence-electron chi connectivity index (χ0n) is 15.4. The van der Waals surface area contributed by atoms with Crippen LogP contribution in [0, 0.1) is 5.82 Å². The molecule has 0 aliphatic rings. The first kappa shape index (κ1) is 19.7. The van der Waals surface area contributed by atoms with Crippen LogP contribution >= 0.6 is 0 Å². The Labute approximate surface area is 153 Å². The minimum absolute atomic E-state index is 0.0167. The van der Waals surface area contributed by atoms with Gasteiger partial charge in [-0.3, -0.25) is 0 Å². The fourth-order valence-electron chi connectivity index (χ4n) is 2.59. The van der Waals surface area contributed by atoms with Crippen LogP contribution in [0.2, 0.25) is 0 Å². The number of hydrogen-bond donors (Lipinski definition) is 3. The number of nitrogens with zero attached hydrogens (tertiary/aromatic N) is 1. The maximum atomic E-state index is 13.9. The first-order valence-corrected chi connectivity index (χ1v) is 8.65. The maximum absolute atomic E-state index is 13.9. The van der Waals surface area contributed by atoms with Crippen molar-refractivity contribution < 1.29 is 14.2 Å². The number of guanidine groups is 1. The lowest BCUT2D eigenvalue weighted by Gasteiger charge is -2.19. The van der Waals surface area contributed by atoms with Gasteiger partial charge in [0.1, 0.15) is 0 Å². The highest BCUT2D eigenvalue weighted by Gasteiger charge is 2.11. The highest BCUT2D eigenvalue weighted by Crippen LogP contribution is 2.21. The second-order valence-electron chi connectivity index (χ2n) is 5.88. The van der Waals surface area contributed by atoms with Crippen molar-refractivity contribution in [1.82, 2.24) is 10.6 Å². The molecule has 2 rings (SSSR count). The Kier molecular flexibility index (Phi) is 7.41. The molecular weight excluding hydrogens is 333 g/mol. The van der Waals surface area contributed by atoms with Gasteiger partial charge < -0.3 is 20.5 Å². The van der Waals surface area contributed by atoms with Crippen molar-refractivity contribution in [2.24, 2.45) is 4.99 Å². The van der Waals surface area contributed by atoms with Gasteiger partial charge >= 0.3 is 0 Å². The van der Waals surface area contributed by atoms with Crippen LogP contribution in [0.15, 0.2) is 47.5 Å². The molecule has 0 aliphatic heterocycles. The Morgan fingerprint density at radius 2 is 1.96 bits per heavy atom. The SMILES string of the molecule is CCNC(=NCc1ccccc1CO)NC(C)c1ccc(OC)c(F)c1. The topological polar surface area (TPSA) is 65.9 Å². The number of aliphatic imine (C=N–C) groups is 1. The zero-order valence-corrected chi connectivity index (χ0v) is 15.4. The summed E-state index contributed by atoms with van der Waals surface area (Å²) in [4.78, 5) is 4.58. The summed E-state index contributed by atoms with van der Waals surface area (Å²) in [6.45, 7) is 5.05. The summed E-state index contributed by atoms with van der Waals surface area (Å²) in [7, 11) is 1.44. The Balaban J connectivity index is 2.12. The second-order valence-corrected chi connectivity index (χ2v) is 5.88. The summed E-state index contributed by atoms with van der Waals surface area (Å²) in [6, 6.07) is 12.4. The molecule has 0 radical (unpaired) electrons. The van der Waals surface area contributed by atoms with Crippen molar-refractivity contribution in [1.29, 1.82) is 0 Å². The first-order valence-electron chi connectivity index (χ1n) is 8.65. The van der Waals surface area contributed by atoms with Crippen LogP contribution in [0.25, 0.3) is 0 Å². The smallest absolute Gasteiger partial charge is 0.192 e. The molecule has 0 heterocycles. The Hall–Kier alpha value is -2.60. The van der Waals surface area contributed by atoms with Crippen molar-refractivity contribution in [2.45, 2.75) is 33.0 Å². The average Bonchev–Trinajstić information content (AvgIpc) is 2.66. The molecular formula is C20H26FN3O2. The van der Waals surface area contributed by atoms with Gasteiger partial charge in [-0.05, 0) is 42.7 Å². The van der Waals surface area contributed by atoms with Gasteiger partial charge in [0, 0.05) is 6.54 Å². The molecule has 0 saturated heterocycles. The van der Waals surface area contributed by atoms with E-state index in [-0.39, 0.29) is 18.4 Å². The van der Waals surface area contributed by atoms with E-state index in [0.717, 1.165) is 16.7 Å². The van der Waals surface area contributed by atoms with Crippen LogP contribution in [0.4, 0.5) is 4.39 Å². The van der Waals surface area contributed by atoms with Crippen LogP contribution in [-0.4, -0.2) is 24.7 Å². The Morgan fingerprint density at radius 3 is 2.58 bits per heavy atom. The van der Waals surface area contributed by atoms with Crippen molar-refractivity contribution in [3.8, 4) is 5.75 Å². The van der Waals surface area contributed by atoms with Gasteiger partial charge in [0.2, 0.25) is 0 Å². The lowest BCUT2D eigenvalue weighted by molar-refractivity contribution is 0.280. The quantitative estimate of drug-likeness (QED) is 0.525. The third-order valence-corrected chi connectivity index (χ3v) is 4.07. The number of hydrogen-bond acceptors (Lipinski definition) is 3. The van der Waals surface area contributed by atoms with Gasteiger partial charge in [-0.2, -0.15) is 0 Å². The molecule has 0 fully saturated rings. The van der Waals surface area contributed by atoms with Crippen molar-refractivity contribution >= 4 is 5.96 Å². The number of methoxy groups -OCH3 is 1. The summed E-state index contributed by atoms with van der Waals surface area (Å²) in [5, 5.41) is 15.9. The van der Waals surface area contributed by atoms with Gasteiger partial charge in [0.25, 0.3) is 0 Å². The lowest BCUT2D eigenvalue weighted by Crippen LogP contribution is -2.38. The number of benzene rings is 2. The normalized spacial score (nSPS) is 12.6. The fourth-order valence-corrected chi connectivity index (χ4v) is 2.59. The average molecular weight is 359 g/mol. The third kappa shape index (κ3) is 5.20. The molecule has 1 atom stereocenters. The van der Waals surface area contributed by atoms with Crippen LogP contribution in [0.3, 0.4) is 0 Å². The fraction of sp³-hybridized carbons (Fsp3) is 0.350. The zero-order chi connectivity index (χ0) is 18.9. The molecule has 3 N–H and O–H groups in total. The molecule has 140 valence electrons. The third-order valence-electron chi connectivity index (χ3n) is 4.07. The molecule has 0 saturated carbocycles. The molecule has 2 aromatic carbocycles. The summed E-state index contributed by atoms with van der Waals surface area (Å²) in [5.74, 6) is 0.462. The van der Waals surface area contributed by atoms with E-state index in [4.69, 9.17) is 4.74 Å². The van der Waals surface area contributed by atoms with Gasteiger partial charge in [-0.1, -0.05) is 30.3 Å². The molecule has 2 aromatic rings. The van der Waals surface area contributed by atoms with E-state index in [1.165, 1.54) is 13.2 Å². The van der Waals surface area contributed by atoms with Gasteiger partial charge in [-0.15, -0.1) is 0 Å². The van der Waals surface area contributed by atoms with E-state index in [1.54, 1.807) is 6.07 Å². The van der Waals surface area contributed by atoms with Crippen molar-refractivity contribution in [3.05, 3.63) is 65.0 Å². The number of halogens is 1. The van der Waals surface area contributed by atoms with Gasteiger partial charge in [-0.25, -0.2) is 9.38 Å². The molecule has 0 amide bonds. The molecule has 5 nitrogen and oxygen atoms in total. The van der Waals surface area contributed by atoms with E-state index in [1.807, 2.05) is 44.2 Å². The van der Waals surface area contributed by atoms with Crippen LogP contribution in [0.1, 0.15) is 36.6 Å². The standard InChI is InChI=1S/C20H26FN3O2/c1-4-22-20(23-12-16-7-5-6-8-17(16)13-25)24-14(2)15-9-10-19(26-3)18(21)11-15/h5-11,14,25H,4,12-13H2,1-3H3,(H2,22,23,24). The molecule has 26 heavy (non-hydrogen) atoms. The predicted molar refractivity (Wildman–Crippen MR) is 102 cm³/mol. The summed E-state index contributed by atoms with van der Waals surface area (Å²) in [5.41, 5.74) is 2.62. The molecule has 0 spiro atoms. The maximum Gasteiger partial charge on any atom is 0.192 e. The van der Waals surface area contributed by atoms with E-state index in [2.05, 4.69) is 15.6 Å². The summed E-state index contributed by atoms with van der Waals surface area (Å²) in [6.07, 6.45) is 0. The minimum Gasteiger partial charge on any atom is -0.494 e. The van der Waals surface area contributed by atoms with Crippen molar-refractivity contribution in [2.75, 3.05) is 13.7 Å². The predicted octanol–water partition coefficient (Wildman–Crippen LogP) is 3.14. The summed E-state index contributed by atoms with van der Waals surface area (Å²) < 4.78 is 18.9. The summed E-state index contributed by atoms with van der Waals surface area (Å²) >= 11 is 0. The number of nitrogens with one attached hydrogen (secondary N) is 2. The number of ether oxygens (including phenoxy) is 1. The first-order chi connectivity index (χ1) is 12.6. The van der Waals surface area contributed by atoms with E-state index in [0.29, 0.717) is 19.0 Å². The molecule has 0 aromatic heterocycles. The molecule has 0 bridgehead atoms. The Bertz CT molecular complexity index is 750. The van der Waals surface area contributed by atoms with Crippen LogP contribution in [0.5, 0.6) is 5.75 Å². The van der Waals surface area contributed by atoms with E-state index < -0.39 is 5.82 Å². The van der Waals surface area contributed by atoms with E-state index in [9.17, 15) is 9.50 Å². The Morgan fingerprint density at radius 1 is 1.23 bits per heavy atom. The molecule has 6 heteroatoms. The van der Waals surface area contributed by atoms with Crippen LogP contribution < -0.4 is 15.4 Å². The highest BCUT2D eigenvalue weighted by atomic mass is 19.1. The number of aliphatic hydroxyl groups excluding tert-OH is 1. The monoisotopic (exact) mass is 359 g/mol. The molecule has 1 unspecified atom stereocenters. The largest absolute Gasteiger partial charge is 0.494 e. The van der Waals surface area contributed by atoms with Crippen molar-refractivity contribution in [3.63, 3.8) is 0 Å². The highest BCUT2D eigenvalue weighted by molar-refractivity contribution is 5.80. The number of rotatable bonds is 7. The second kappa shape index (κ2) is 9.77.